The van der Waals surface area contributed by atoms with Crippen molar-refractivity contribution in [2.75, 3.05) is 20.1 Å². The predicted molar refractivity (Wildman–Crippen MR) is 103 cm³/mol. The first kappa shape index (κ1) is 17.7. The summed E-state index contributed by atoms with van der Waals surface area (Å²) in [5, 5.41) is 0. The summed E-state index contributed by atoms with van der Waals surface area (Å²) in [5.74, 6) is 1.16. The fraction of sp³-hybridized carbons (Fsp3) is 0.750. The Kier molecular flexibility index (Phi) is 5.11. The molecular weight excluding hydrogens is 328 g/mol. The van der Waals surface area contributed by atoms with Gasteiger partial charge >= 0.3 is 6.01 Å². The molecule has 0 N–H and O–H groups in total. The summed E-state index contributed by atoms with van der Waals surface area (Å²) in [6.07, 6.45) is 8.63. The molecule has 1 saturated heterocycles. The van der Waals surface area contributed by atoms with Crippen molar-refractivity contribution in [1.29, 1.82) is 0 Å². The van der Waals surface area contributed by atoms with Crippen molar-refractivity contribution in [2.45, 2.75) is 70.9 Å². The molecule has 1 saturated carbocycles. The van der Waals surface area contributed by atoms with E-state index in [2.05, 4.69) is 18.9 Å². The third-order valence-corrected chi connectivity index (χ3v) is 6.02. The lowest BCUT2D eigenvalue weighted by molar-refractivity contribution is 0.0990. The van der Waals surface area contributed by atoms with Gasteiger partial charge in [0.1, 0.15) is 6.10 Å². The van der Waals surface area contributed by atoms with Crippen LogP contribution < -0.4 is 10.3 Å². The zero-order chi connectivity index (χ0) is 18.1. The van der Waals surface area contributed by atoms with Crippen molar-refractivity contribution in [3.05, 3.63) is 15.9 Å². The third kappa shape index (κ3) is 3.43. The lowest BCUT2D eigenvalue weighted by Gasteiger charge is -2.29. The summed E-state index contributed by atoms with van der Waals surface area (Å²) in [7, 11) is 2.14. The van der Waals surface area contributed by atoms with Gasteiger partial charge in [-0.3, -0.25) is 9.36 Å². The largest absolute Gasteiger partial charge is 0.461 e. The second kappa shape index (κ2) is 7.51. The summed E-state index contributed by atoms with van der Waals surface area (Å²) < 4.78 is 7.95. The number of fused-ring (bicyclic) bond motifs is 1. The zero-order valence-corrected chi connectivity index (χ0v) is 16.0. The van der Waals surface area contributed by atoms with E-state index in [9.17, 15) is 4.79 Å². The molecular formula is C20H30N4O2. The molecule has 6 nitrogen and oxygen atoms in total. The van der Waals surface area contributed by atoms with E-state index in [1.54, 1.807) is 4.57 Å². The average molecular weight is 358 g/mol. The van der Waals surface area contributed by atoms with Crippen molar-refractivity contribution >= 4 is 11.5 Å². The number of likely N-dealkylation sites (tertiary alicyclic amines) is 1. The molecule has 0 atom stereocenters. The van der Waals surface area contributed by atoms with Crippen molar-refractivity contribution in [3.8, 4) is 6.01 Å². The normalized spacial score (nSPS) is 21.8. The molecule has 6 heteroatoms. The number of rotatable bonds is 5. The number of aliphatic imine (C=N–C) groups is 1. The smallest absolute Gasteiger partial charge is 0.301 e. The molecule has 26 heavy (non-hydrogen) atoms. The van der Waals surface area contributed by atoms with Crippen LogP contribution in [-0.2, 0) is 13.0 Å². The zero-order valence-electron chi connectivity index (χ0n) is 16.0. The maximum absolute atomic E-state index is 13.1. The predicted octanol–water partition coefficient (Wildman–Crippen LogP) is 2.95. The number of hydrogen-bond acceptors (Lipinski definition) is 5. The molecule has 3 heterocycles. The minimum absolute atomic E-state index is 0.0523. The Morgan fingerprint density at radius 3 is 2.58 bits per heavy atom. The minimum atomic E-state index is 0.0523. The second-order valence-electron chi connectivity index (χ2n) is 8.04. The summed E-state index contributed by atoms with van der Waals surface area (Å²) in [6, 6.07) is 0.474. The van der Waals surface area contributed by atoms with E-state index in [-0.39, 0.29) is 11.7 Å². The molecule has 0 unspecified atom stereocenters. The third-order valence-electron chi connectivity index (χ3n) is 6.02. The Morgan fingerprint density at radius 2 is 1.88 bits per heavy atom. The second-order valence-corrected chi connectivity index (χ2v) is 8.04. The standard InChI is InChI=1S/C20H30N4O2/c1-3-10-24-19(25)16-13-17(14-6-4-5-7-14)21-18(16)22-20(24)26-15-8-11-23(2)12-9-15/h14-15H,3-13H2,1-2H3. The summed E-state index contributed by atoms with van der Waals surface area (Å²) in [4.78, 5) is 24.9. The lowest BCUT2D eigenvalue weighted by atomic mass is 9.98. The molecule has 0 radical (unpaired) electrons. The Morgan fingerprint density at radius 1 is 1.15 bits per heavy atom. The fourth-order valence-electron chi connectivity index (χ4n) is 4.42. The van der Waals surface area contributed by atoms with Crippen LogP contribution in [0.5, 0.6) is 6.01 Å². The Hall–Kier alpha value is -1.69. The number of aromatic nitrogens is 2. The van der Waals surface area contributed by atoms with Crippen LogP contribution in [0.2, 0.25) is 0 Å². The van der Waals surface area contributed by atoms with Crippen LogP contribution >= 0.6 is 0 Å². The van der Waals surface area contributed by atoms with Gasteiger partial charge in [-0.15, -0.1) is 0 Å². The van der Waals surface area contributed by atoms with E-state index in [1.165, 1.54) is 31.4 Å². The number of piperidine rings is 1. The van der Waals surface area contributed by atoms with Crippen LogP contribution in [0.25, 0.3) is 0 Å². The molecule has 1 aromatic rings. The molecule has 4 rings (SSSR count). The van der Waals surface area contributed by atoms with Crippen molar-refractivity contribution in [1.82, 2.24) is 14.5 Å². The van der Waals surface area contributed by atoms with E-state index < -0.39 is 0 Å². The Balaban J connectivity index is 1.61. The highest BCUT2D eigenvalue weighted by molar-refractivity contribution is 5.94. The van der Waals surface area contributed by atoms with E-state index in [0.29, 0.717) is 30.7 Å². The molecule has 3 aliphatic rings. The van der Waals surface area contributed by atoms with Crippen LogP contribution in [0.15, 0.2) is 9.79 Å². The van der Waals surface area contributed by atoms with Gasteiger partial charge in [0.15, 0.2) is 5.82 Å². The Labute approximate surface area is 155 Å². The Bertz CT molecular complexity index is 741. The highest BCUT2D eigenvalue weighted by Crippen LogP contribution is 2.33. The van der Waals surface area contributed by atoms with Gasteiger partial charge in [-0.1, -0.05) is 19.8 Å². The molecule has 1 aliphatic carbocycles. The van der Waals surface area contributed by atoms with Gasteiger partial charge in [0, 0.05) is 31.8 Å². The van der Waals surface area contributed by atoms with Gasteiger partial charge in [-0.2, -0.15) is 4.98 Å². The lowest BCUT2D eigenvalue weighted by Crippen LogP contribution is -2.37. The van der Waals surface area contributed by atoms with Crippen LogP contribution in [-0.4, -0.2) is 46.4 Å². The van der Waals surface area contributed by atoms with E-state index >= 15 is 0 Å². The van der Waals surface area contributed by atoms with Crippen LogP contribution in [0.4, 0.5) is 5.82 Å². The van der Waals surface area contributed by atoms with Crippen molar-refractivity contribution in [3.63, 3.8) is 0 Å². The summed E-state index contributed by atoms with van der Waals surface area (Å²) >= 11 is 0. The topological polar surface area (TPSA) is 59.7 Å². The molecule has 142 valence electrons. The van der Waals surface area contributed by atoms with E-state index in [1.807, 2.05) is 0 Å². The summed E-state index contributed by atoms with van der Waals surface area (Å²) in [5.41, 5.74) is 1.99. The van der Waals surface area contributed by atoms with E-state index in [4.69, 9.17) is 14.7 Å². The minimum Gasteiger partial charge on any atom is -0.461 e. The molecule has 0 aromatic carbocycles. The van der Waals surface area contributed by atoms with Gasteiger partial charge in [-0.25, -0.2) is 4.99 Å². The highest BCUT2D eigenvalue weighted by Gasteiger charge is 2.30. The van der Waals surface area contributed by atoms with E-state index in [0.717, 1.165) is 37.9 Å². The first-order valence-electron chi connectivity index (χ1n) is 10.2. The maximum Gasteiger partial charge on any atom is 0.301 e. The highest BCUT2D eigenvalue weighted by atomic mass is 16.5. The van der Waals surface area contributed by atoms with Crippen molar-refractivity contribution < 1.29 is 4.74 Å². The van der Waals surface area contributed by atoms with Gasteiger partial charge in [0.2, 0.25) is 0 Å². The molecule has 0 amide bonds. The quantitative estimate of drug-likeness (QED) is 0.812. The average Bonchev–Trinajstić information content (AvgIpc) is 3.29. The maximum atomic E-state index is 13.1. The van der Waals surface area contributed by atoms with Crippen LogP contribution in [0, 0.1) is 5.92 Å². The number of nitrogens with zero attached hydrogens (tertiary/aromatic N) is 4. The molecule has 0 bridgehead atoms. The number of hydrogen-bond donors (Lipinski definition) is 0. The van der Waals surface area contributed by atoms with Crippen molar-refractivity contribution in [2.24, 2.45) is 10.9 Å². The van der Waals surface area contributed by atoms with Crippen LogP contribution in [0.3, 0.4) is 0 Å². The summed E-state index contributed by atoms with van der Waals surface area (Å²) in [6.45, 7) is 4.79. The fourth-order valence-corrected chi connectivity index (χ4v) is 4.42. The van der Waals surface area contributed by atoms with Gasteiger partial charge in [-0.05, 0) is 45.1 Å². The van der Waals surface area contributed by atoms with Gasteiger partial charge in [0.05, 0.1) is 5.56 Å². The first-order chi connectivity index (χ1) is 12.7. The molecule has 2 fully saturated rings. The SMILES string of the molecule is CCCn1c(OC2CCN(C)CC2)nc2c(c1=O)CC(C1CCCC1)=N2. The first-order valence-corrected chi connectivity index (χ1v) is 10.2. The molecule has 1 aromatic heterocycles. The monoisotopic (exact) mass is 358 g/mol. The molecule has 2 aliphatic heterocycles. The van der Waals surface area contributed by atoms with Gasteiger partial charge in [0.25, 0.3) is 5.56 Å². The van der Waals surface area contributed by atoms with Crippen LogP contribution in [0.1, 0.15) is 57.4 Å². The molecule has 0 spiro atoms. The number of ether oxygens (including phenoxy) is 1. The van der Waals surface area contributed by atoms with Gasteiger partial charge < -0.3 is 9.64 Å².